The van der Waals surface area contributed by atoms with Crippen molar-refractivity contribution in [2.45, 2.75) is 20.3 Å². The molecule has 156 valence electrons. The van der Waals surface area contributed by atoms with Gasteiger partial charge in [-0.2, -0.15) is 0 Å². The molecule has 0 N–H and O–H groups in total. The summed E-state index contributed by atoms with van der Waals surface area (Å²) in [5.41, 5.74) is 3.02. The van der Waals surface area contributed by atoms with Gasteiger partial charge in [0.25, 0.3) is 0 Å². The van der Waals surface area contributed by atoms with Crippen LogP contribution in [0.2, 0.25) is 0 Å². The van der Waals surface area contributed by atoms with Crippen LogP contribution in [0.1, 0.15) is 28.4 Å². The maximum atomic E-state index is 13.4. The van der Waals surface area contributed by atoms with Crippen LogP contribution in [-0.2, 0) is 6.42 Å². The summed E-state index contributed by atoms with van der Waals surface area (Å²) in [7, 11) is 1.57. The lowest BCUT2D eigenvalue weighted by Gasteiger charge is -2.12. The van der Waals surface area contributed by atoms with Crippen LogP contribution in [-0.4, -0.2) is 13.1 Å². The third kappa shape index (κ3) is 4.08. The maximum Gasteiger partial charge on any atom is 0.343 e. The largest absolute Gasteiger partial charge is 0.497 e. The normalized spacial score (nSPS) is 10.8. The van der Waals surface area contributed by atoms with Crippen LogP contribution in [0.4, 0.5) is 0 Å². The summed E-state index contributed by atoms with van der Waals surface area (Å²) in [6, 6.07) is 19.5. The molecule has 4 rings (SSSR count). The fraction of sp³-hybridized carbons (Fsp3) is 0.154. The second-order valence-corrected chi connectivity index (χ2v) is 7.26. The van der Waals surface area contributed by atoms with E-state index in [9.17, 15) is 9.59 Å². The zero-order chi connectivity index (χ0) is 22.0. The minimum absolute atomic E-state index is 0.128. The predicted octanol–water partition coefficient (Wildman–Crippen LogP) is 5.56. The first kappa shape index (κ1) is 20.4. The third-order valence-corrected chi connectivity index (χ3v) is 5.16. The first-order valence-electron chi connectivity index (χ1n) is 10.0. The molecule has 0 aliphatic rings. The van der Waals surface area contributed by atoms with Crippen LogP contribution in [0, 0.1) is 6.92 Å². The van der Waals surface area contributed by atoms with Gasteiger partial charge in [0.2, 0.25) is 11.2 Å². The molecule has 0 radical (unpaired) electrons. The average Bonchev–Trinajstić information content (AvgIpc) is 2.81. The van der Waals surface area contributed by atoms with Gasteiger partial charge in [0.15, 0.2) is 5.76 Å². The fourth-order valence-corrected chi connectivity index (χ4v) is 3.31. The van der Waals surface area contributed by atoms with Crippen molar-refractivity contribution in [3.63, 3.8) is 0 Å². The van der Waals surface area contributed by atoms with Gasteiger partial charge in [-0.25, -0.2) is 4.79 Å². The summed E-state index contributed by atoms with van der Waals surface area (Å²) in [5, 5.41) is 0.378. The number of benzene rings is 3. The van der Waals surface area contributed by atoms with Gasteiger partial charge in [-0.15, -0.1) is 0 Å². The Labute approximate surface area is 179 Å². The Bertz CT molecular complexity index is 1300. The molecule has 0 fully saturated rings. The molecular formula is C26H22O5. The van der Waals surface area contributed by atoms with E-state index >= 15 is 0 Å². The minimum Gasteiger partial charge on any atom is -0.497 e. The number of carbonyl (C=O) groups is 1. The van der Waals surface area contributed by atoms with Crippen molar-refractivity contribution >= 4 is 16.9 Å². The number of fused-ring (bicyclic) bond motifs is 1. The molecular weight excluding hydrogens is 392 g/mol. The average molecular weight is 414 g/mol. The van der Waals surface area contributed by atoms with Crippen molar-refractivity contribution < 1.29 is 18.7 Å². The number of methoxy groups -OCH3 is 1. The Morgan fingerprint density at radius 2 is 1.68 bits per heavy atom. The first-order chi connectivity index (χ1) is 15.0. The third-order valence-electron chi connectivity index (χ3n) is 5.16. The van der Waals surface area contributed by atoms with E-state index in [-0.39, 0.29) is 16.9 Å². The Balaban J connectivity index is 1.88. The summed E-state index contributed by atoms with van der Waals surface area (Å²) >= 11 is 0. The zero-order valence-corrected chi connectivity index (χ0v) is 17.6. The van der Waals surface area contributed by atoms with E-state index in [4.69, 9.17) is 13.9 Å². The number of esters is 1. The Hall–Kier alpha value is -3.86. The molecule has 1 heterocycles. The van der Waals surface area contributed by atoms with Crippen LogP contribution in [0.5, 0.6) is 11.5 Å². The van der Waals surface area contributed by atoms with E-state index in [1.807, 2.05) is 32.0 Å². The molecule has 3 aromatic carbocycles. The highest BCUT2D eigenvalue weighted by Crippen LogP contribution is 2.32. The van der Waals surface area contributed by atoms with E-state index in [0.29, 0.717) is 27.8 Å². The monoisotopic (exact) mass is 414 g/mol. The number of hydrogen-bond donors (Lipinski definition) is 0. The minimum atomic E-state index is -0.618. The van der Waals surface area contributed by atoms with Gasteiger partial charge < -0.3 is 13.9 Å². The standard InChI is InChI=1S/C26H22O5/c1-4-17-7-14-22-21(15-17)23(27)25(31-26(28)19-8-5-16(2)6-9-19)24(30-22)18-10-12-20(29-3)13-11-18/h5-15H,4H2,1-3H3. The van der Waals surface area contributed by atoms with Crippen LogP contribution in [0.15, 0.2) is 75.9 Å². The first-order valence-corrected chi connectivity index (χ1v) is 10.0. The molecule has 0 amide bonds. The molecule has 0 unspecified atom stereocenters. The maximum absolute atomic E-state index is 13.4. The van der Waals surface area contributed by atoms with Crippen molar-refractivity contribution in [3.8, 4) is 22.8 Å². The molecule has 1 aromatic heterocycles. The van der Waals surface area contributed by atoms with E-state index in [1.54, 1.807) is 55.6 Å². The summed E-state index contributed by atoms with van der Waals surface area (Å²) in [4.78, 5) is 26.2. The summed E-state index contributed by atoms with van der Waals surface area (Å²) in [5.74, 6) is 0.118. The van der Waals surface area contributed by atoms with Gasteiger partial charge in [-0.05, 0) is 67.4 Å². The fourth-order valence-electron chi connectivity index (χ4n) is 3.31. The molecule has 31 heavy (non-hydrogen) atoms. The van der Waals surface area contributed by atoms with Crippen LogP contribution >= 0.6 is 0 Å². The number of carbonyl (C=O) groups excluding carboxylic acids is 1. The van der Waals surface area contributed by atoms with Crippen molar-refractivity contribution in [1.29, 1.82) is 0 Å². The van der Waals surface area contributed by atoms with Gasteiger partial charge >= 0.3 is 5.97 Å². The van der Waals surface area contributed by atoms with Crippen molar-refractivity contribution in [2.75, 3.05) is 7.11 Å². The number of hydrogen-bond acceptors (Lipinski definition) is 5. The number of rotatable bonds is 5. The second-order valence-electron chi connectivity index (χ2n) is 7.26. The zero-order valence-electron chi connectivity index (χ0n) is 17.6. The lowest BCUT2D eigenvalue weighted by atomic mass is 10.1. The van der Waals surface area contributed by atoms with Crippen LogP contribution in [0.25, 0.3) is 22.3 Å². The summed E-state index contributed by atoms with van der Waals surface area (Å²) in [6.45, 7) is 3.94. The number of aryl methyl sites for hydroxylation is 2. The molecule has 0 atom stereocenters. The molecule has 5 nitrogen and oxygen atoms in total. The quantitative estimate of drug-likeness (QED) is 0.400. The van der Waals surface area contributed by atoms with Gasteiger partial charge in [0, 0.05) is 5.56 Å². The predicted molar refractivity (Wildman–Crippen MR) is 120 cm³/mol. The Kier molecular flexibility index (Phi) is 5.58. The van der Waals surface area contributed by atoms with Crippen molar-refractivity contribution in [1.82, 2.24) is 0 Å². The van der Waals surface area contributed by atoms with Gasteiger partial charge in [-0.1, -0.05) is 30.7 Å². The molecule has 0 saturated heterocycles. The van der Waals surface area contributed by atoms with Gasteiger partial charge in [0.1, 0.15) is 11.3 Å². The van der Waals surface area contributed by atoms with Crippen molar-refractivity contribution in [3.05, 3.63) is 93.6 Å². The molecule has 4 aromatic rings. The lowest BCUT2D eigenvalue weighted by molar-refractivity contribution is 0.0731. The van der Waals surface area contributed by atoms with E-state index in [1.165, 1.54) is 0 Å². The smallest absolute Gasteiger partial charge is 0.343 e. The molecule has 5 heteroatoms. The van der Waals surface area contributed by atoms with E-state index in [0.717, 1.165) is 17.5 Å². The number of ether oxygens (including phenoxy) is 2. The molecule has 0 saturated carbocycles. The van der Waals surface area contributed by atoms with Crippen LogP contribution in [0.3, 0.4) is 0 Å². The highest BCUT2D eigenvalue weighted by molar-refractivity contribution is 5.93. The molecule has 0 aliphatic carbocycles. The molecule has 0 bridgehead atoms. The van der Waals surface area contributed by atoms with Gasteiger partial charge in [0.05, 0.1) is 18.1 Å². The second kappa shape index (κ2) is 8.48. The highest BCUT2D eigenvalue weighted by atomic mass is 16.5. The molecule has 0 spiro atoms. The SMILES string of the molecule is CCc1ccc2oc(-c3ccc(OC)cc3)c(OC(=O)c3ccc(C)cc3)c(=O)c2c1. The molecule has 0 aliphatic heterocycles. The Morgan fingerprint density at radius 3 is 2.32 bits per heavy atom. The van der Waals surface area contributed by atoms with E-state index in [2.05, 4.69) is 0 Å². The Morgan fingerprint density at radius 1 is 0.968 bits per heavy atom. The van der Waals surface area contributed by atoms with E-state index < -0.39 is 5.97 Å². The lowest BCUT2D eigenvalue weighted by Crippen LogP contribution is -2.16. The van der Waals surface area contributed by atoms with Gasteiger partial charge in [-0.3, -0.25) is 4.79 Å². The van der Waals surface area contributed by atoms with Crippen LogP contribution < -0.4 is 14.9 Å². The highest BCUT2D eigenvalue weighted by Gasteiger charge is 2.21. The summed E-state index contributed by atoms with van der Waals surface area (Å²) in [6.07, 6.45) is 0.772. The topological polar surface area (TPSA) is 65.7 Å². The van der Waals surface area contributed by atoms with Crippen molar-refractivity contribution in [2.24, 2.45) is 0 Å². The summed E-state index contributed by atoms with van der Waals surface area (Å²) < 4.78 is 16.9.